The van der Waals surface area contributed by atoms with Crippen LogP contribution in [-0.4, -0.2) is 49.1 Å². The number of methoxy groups -OCH3 is 1. The minimum absolute atomic E-state index is 0.0653. The van der Waals surface area contributed by atoms with Crippen LogP contribution in [0.2, 0.25) is 0 Å². The Balaban J connectivity index is 1.87. The summed E-state index contributed by atoms with van der Waals surface area (Å²) < 4.78 is 13.8. The van der Waals surface area contributed by atoms with Crippen molar-refractivity contribution < 1.29 is 19.4 Å². The van der Waals surface area contributed by atoms with Crippen LogP contribution in [0.1, 0.15) is 32.4 Å². The highest BCUT2D eigenvalue weighted by Gasteiger charge is 2.22. The summed E-state index contributed by atoms with van der Waals surface area (Å²) in [4.78, 5) is 29.2. The second-order valence-electron chi connectivity index (χ2n) is 7.74. The fourth-order valence-corrected chi connectivity index (χ4v) is 3.82. The van der Waals surface area contributed by atoms with Crippen molar-refractivity contribution in [2.45, 2.75) is 33.2 Å². The van der Waals surface area contributed by atoms with Crippen molar-refractivity contribution in [1.29, 1.82) is 0 Å². The van der Waals surface area contributed by atoms with E-state index in [0.29, 0.717) is 22.5 Å². The lowest BCUT2D eigenvalue weighted by Crippen LogP contribution is -2.16. The molecule has 0 atom stereocenters. The number of fused-ring (bicyclic) bond motifs is 1. The Kier molecular flexibility index (Phi) is 5.91. The van der Waals surface area contributed by atoms with Crippen molar-refractivity contribution >= 4 is 17.0 Å². The zero-order valence-electron chi connectivity index (χ0n) is 18.8. The van der Waals surface area contributed by atoms with Gasteiger partial charge in [0.05, 0.1) is 43.2 Å². The maximum absolute atomic E-state index is 12.8. The molecule has 0 radical (unpaired) electrons. The molecule has 0 saturated heterocycles. The Morgan fingerprint density at radius 1 is 1.27 bits per heavy atom. The zero-order valence-corrected chi connectivity index (χ0v) is 18.8. The van der Waals surface area contributed by atoms with Gasteiger partial charge in [0, 0.05) is 11.6 Å². The minimum Gasteiger partial charge on any atom is -0.507 e. The fraction of sp³-hybridized carbons (Fsp3) is 0.304. The topological polar surface area (TPSA) is 124 Å². The Labute approximate surface area is 189 Å². The van der Waals surface area contributed by atoms with E-state index in [1.165, 1.54) is 17.7 Å². The first-order valence-electron chi connectivity index (χ1n) is 10.5. The molecule has 10 heteroatoms. The first kappa shape index (κ1) is 22.1. The molecule has 4 rings (SSSR count). The lowest BCUT2D eigenvalue weighted by atomic mass is 10.1. The van der Waals surface area contributed by atoms with Gasteiger partial charge in [-0.2, -0.15) is 5.10 Å². The molecule has 0 aliphatic carbocycles. The number of aromatic amines is 1. The van der Waals surface area contributed by atoms with Crippen LogP contribution in [0.4, 0.5) is 0 Å². The van der Waals surface area contributed by atoms with E-state index in [-0.39, 0.29) is 36.2 Å². The predicted octanol–water partition coefficient (Wildman–Crippen LogP) is 2.98. The van der Waals surface area contributed by atoms with Crippen LogP contribution in [0.3, 0.4) is 0 Å². The van der Waals surface area contributed by atoms with Crippen LogP contribution in [0.15, 0.2) is 41.5 Å². The third-order valence-corrected chi connectivity index (χ3v) is 5.33. The molecule has 0 fully saturated rings. The molecular formula is C23H25N5O5. The molecule has 0 aliphatic rings. The van der Waals surface area contributed by atoms with Gasteiger partial charge in [-0.3, -0.25) is 4.79 Å². The van der Waals surface area contributed by atoms with Gasteiger partial charge in [-0.15, -0.1) is 0 Å². The highest BCUT2D eigenvalue weighted by Crippen LogP contribution is 2.36. The normalized spacial score (nSPS) is 11.3. The van der Waals surface area contributed by atoms with E-state index >= 15 is 0 Å². The maximum Gasteiger partial charge on any atom is 0.348 e. The average molecular weight is 451 g/mol. The average Bonchev–Trinajstić information content (AvgIpc) is 3.38. The maximum atomic E-state index is 12.8. The molecule has 10 nitrogen and oxygen atoms in total. The first-order chi connectivity index (χ1) is 15.8. The number of carbonyl (C=O) groups is 1. The number of imidazole rings is 1. The quantitative estimate of drug-likeness (QED) is 0.414. The smallest absolute Gasteiger partial charge is 0.348 e. The largest absolute Gasteiger partial charge is 0.507 e. The van der Waals surface area contributed by atoms with Crippen molar-refractivity contribution in [3.8, 4) is 28.6 Å². The van der Waals surface area contributed by atoms with Crippen molar-refractivity contribution in [2.24, 2.45) is 0 Å². The van der Waals surface area contributed by atoms with Crippen LogP contribution in [-0.2, 0) is 16.0 Å². The molecule has 172 valence electrons. The van der Waals surface area contributed by atoms with Crippen LogP contribution in [0.5, 0.6) is 11.5 Å². The number of phenols is 1. The SMILES string of the molecule is CCOC(=O)Cc1cc(O)c(-c2n[nH]c(=O)n2-c2cccc3c2ncn3C(C)C)cc1OC. The molecule has 0 saturated carbocycles. The summed E-state index contributed by atoms with van der Waals surface area (Å²) >= 11 is 0. The summed E-state index contributed by atoms with van der Waals surface area (Å²) in [5, 5.41) is 17.4. The van der Waals surface area contributed by atoms with E-state index < -0.39 is 11.7 Å². The number of aromatic hydroxyl groups is 1. The van der Waals surface area contributed by atoms with Crippen molar-refractivity contribution in [1.82, 2.24) is 24.3 Å². The van der Waals surface area contributed by atoms with Gasteiger partial charge in [-0.05, 0) is 45.0 Å². The van der Waals surface area contributed by atoms with Gasteiger partial charge >= 0.3 is 11.7 Å². The van der Waals surface area contributed by atoms with Gasteiger partial charge < -0.3 is 19.1 Å². The number of carbonyl (C=O) groups excluding carboxylic acids is 1. The molecular weight excluding hydrogens is 426 g/mol. The number of hydrogen-bond acceptors (Lipinski definition) is 7. The number of esters is 1. The summed E-state index contributed by atoms with van der Waals surface area (Å²) in [5.41, 5.74) is 2.26. The lowest BCUT2D eigenvalue weighted by Gasteiger charge is -2.13. The number of rotatable bonds is 7. The number of hydrogen-bond donors (Lipinski definition) is 2. The number of para-hydroxylation sites is 1. The molecule has 0 bridgehead atoms. The van der Waals surface area contributed by atoms with Crippen LogP contribution < -0.4 is 10.4 Å². The van der Waals surface area contributed by atoms with Gasteiger partial charge in [0.1, 0.15) is 17.0 Å². The molecule has 4 aromatic rings. The molecule has 2 aromatic heterocycles. The van der Waals surface area contributed by atoms with Crippen molar-refractivity contribution in [3.63, 3.8) is 0 Å². The highest BCUT2D eigenvalue weighted by atomic mass is 16.5. The molecule has 33 heavy (non-hydrogen) atoms. The minimum atomic E-state index is -0.481. The number of nitrogens with one attached hydrogen (secondary N) is 1. The van der Waals surface area contributed by atoms with Crippen LogP contribution >= 0.6 is 0 Å². The van der Waals surface area contributed by atoms with E-state index in [0.717, 1.165) is 5.52 Å². The third kappa shape index (κ3) is 3.95. The Hall–Kier alpha value is -4.08. The molecule has 0 amide bonds. The Morgan fingerprint density at radius 2 is 2.06 bits per heavy atom. The monoisotopic (exact) mass is 451 g/mol. The van der Waals surface area contributed by atoms with Gasteiger partial charge in [-0.25, -0.2) is 19.4 Å². The number of phenolic OH excluding ortho intramolecular Hbond substituents is 1. The molecule has 0 spiro atoms. The van der Waals surface area contributed by atoms with Crippen molar-refractivity contribution in [3.05, 3.63) is 52.7 Å². The second-order valence-corrected chi connectivity index (χ2v) is 7.74. The van der Waals surface area contributed by atoms with E-state index in [1.54, 1.807) is 25.4 Å². The van der Waals surface area contributed by atoms with Gasteiger partial charge in [0.2, 0.25) is 0 Å². The summed E-state index contributed by atoms with van der Waals surface area (Å²) in [7, 11) is 1.46. The lowest BCUT2D eigenvalue weighted by molar-refractivity contribution is -0.142. The van der Waals surface area contributed by atoms with Gasteiger partial charge in [0.15, 0.2) is 5.82 Å². The molecule has 0 aliphatic heterocycles. The fourth-order valence-electron chi connectivity index (χ4n) is 3.82. The number of benzene rings is 2. The number of aromatic nitrogens is 5. The summed E-state index contributed by atoms with van der Waals surface area (Å²) in [5.74, 6) is -0.0486. The van der Waals surface area contributed by atoms with E-state index in [4.69, 9.17) is 9.47 Å². The van der Waals surface area contributed by atoms with Crippen molar-refractivity contribution in [2.75, 3.05) is 13.7 Å². The Bertz CT molecular complexity index is 1380. The van der Waals surface area contributed by atoms with Crippen LogP contribution in [0.25, 0.3) is 28.1 Å². The van der Waals surface area contributed by atoms with Gasteiger partial charge in [-0.1, -0.05) is 6.07 Å². The molecule has 2 heterocycles. The predicted molar refractivity (Wildman–Crippen MR) is 122 cm³/mol. The Morgan fingerprint density at radius 3 is 2.76 bits per heavy atom. The summed E-state index contributed by atoms with van der Waals surface area (Å²) in [6, 6.07) is 8.69. The standard InChI is InChI=1S/C23H25N5O5/c1-5-33-20(30)10-14-9-18(29)15(11-19(14)32-4)22-25-26-23(31)28(22)17-8-6-7-16-21(17)24-12-27(16)13(2)3/h6-9,11-13,29H,5,10H2,1-4H3,(H,26,31). The number of nitrogens with zero attached hydrogens (tertiary/aromatic N) is 4. The zero-order chi connectivity index (χ0) is 23.7. The van der Waals surface area contributed by atoms with E-state index in [1.807, 2.05) is 30.5 Å². The summed E-state index contributed by atoms with van der Waals surface area (Å²) in [6.07, 6.45) is 1.67. The molecule has 2 N–H and O–H groups in total. The number of ether oxygens (including phenoxy) is 2. The van der Waals surface area contributed by atoms with E-state index in [2.05, 4.69) is 15.2 Å². The van der Waals surface area contributed by atoms with E-state index in [9.17, 15) is 14.7 Å². The van der Waals surface area contributed by atoms with Gasteiger partial charge in [0.25, 0.3) is 0 Å². The third-order valence-electron chi connectivity index (χ3n) is 5.33. The second kappa shape index (κ2) is 8.81. The first-order valence-corrected chi connectivity index (χ1v) is 10.5. The number of H-pyrrole nitrogens is 1. The highest BCUT2D eigenvalue weighted by molar-refractivity contribution is 5.85. The summed E-state index contributed by atoms with van der Waals surface area (Å²) in [6.45, 7) is 6.07. The van der Waals surface area contributed by atoms with Crippen LogP contribution in [0, 0.1) is 0 Å². The molecule has 0 unspecified atom stereocenters. The molecule has 2 aromatic carbocycles.